The summed E-state index contributed by atoms with van der Waals surface area (Å²) in [5.41, 5.74) is 0. The third-order valence-corrected chi connectivity index (χ3v) is 3.08. The lowest BCUT2D eigenvalue weighted by Crippen LogP contribution is -2.36. The number of hydrogen-bond acceptors (Lipinski definition) is 5. The van der Waals surface area contributed by atoms with Crippen LogP contribution in [0.1, 0.15) is 23.0 Å². The van der Waals surface area contributed by atoms with Gasteiger partial charge in [-0.3, -0.25) is 14.9 Å². The van der Waals surface area contributed by atoms with E-state index in [9.17, 15) is 14.9 Å². The van der Waals surface area contributed by atoms with Crippen LogP contribution in [0, 0.1) is 10.1 Å². The molecule has 0 unspecified atom stereocenters. The lowest BCUT2D eigenvalue weighted by Gasteiger charge is -2.12. The van der Waals surface area contributed by atoms with E-state index in [1.165, 1.54) is 12.1 Å². The largest absolute Gasteiger partial charge is 0.394 e. The summed E-state index contributed by atoms with van der Waals surface area (Å²) in [7, 11) is 0. The summed E-state index contributed by atoms with van der Waals surface area (Å²) in [5.74, 6) is -0.390. The Labute approximate surface area is 96.1 Å². The van der Waals surface area contributed by atoms with Crippen molar-refractivity contribution >= 4 is 22.2 Å². The molecule has 0 aliphatic rings. The van der Waals surface area contributed by atoms with Crippen LogP contribution in [0.3, 0.4) is 0 Å². The number of nitro groups is 1. The van der Waals surface area contributed by atoms with Gasteiger partial charge in [0.2, 0.25) is 0 Å². The fraction of sp³-hybridized carbons (Fsp3) is 0.444. The molecule has 0 aromatic carbocycles. The Morgan fingerprint density at radius 3 is 2.81 bits per heavy atom. The predicted octanol–water partition coefficient (Wildman–Crippen LogP) is 1.16. The van der Waals surface area contributed by atoms with Gasteiger partial charge in [0.15, 0.2) is 0 Å². The zero-order valence-corrected chi connectivity index (χ0v) is 9.49. The van der Waals surface area contributed by atoms with Gasteiger partial charge in [-0.25, -0.2) is 0 Å². The van der Waals surface area contributed by atoms with Crippen LogP contribution in [0.4, 0.5) is 5.00 Å². The molecule has 0 bridgehead atoms. The average Bonchev–Trinajstić information content (AvgIpc) is 2.74. The summed E-state index contributed by atoms with van der Waals surface area (Å²) in [6.07, 6.45) is 0.607. The second kappa shape index (κ2) is 5.57. The first-order chi connectivity index (χ1) is 7.58. The van der Waals surface area contributed by atoms with Crippen molar-refractivity contribution in [2.75, 3.05) is 6.61 Å². The Morgan fingerprint density at radius 2 is 2.38 bits per heavy atom. The second-order valence-electron chi connectivity index (χ2n) is 3.16. The van der Waals surface area contributed by atoms with Gasteiger partial charge in [0.25, 0.3) is 5.91 Å². The Bertz CT molecular complexity index is 387. The van der Waals surface area contributed by atoms with Gasteiger partial charge in [-0.2, -0.15) is 0 Å². The standard InChI is InChI=1S/C9H12N2O4S/c1-2-6(5-12)10-9(13)7-3-4-8(16-7)11(14)15/h3-4,6,12H,2,5H2,1H3,(H,10,13)/t6-/m1/s1. The molecule has 16 heavy (non-hydrogen) atoms. The first kappa shape index (κ1) is 12.6. The summed E-state index contributed by atoms with van der Waals surface area (Å²) in [5, 5.41) is 21.8. The van der Waals surface area contributed by atoms with E-state index < -0.39 is 4.92 Å². The van der Waals surface area contributed by atoms with Crippen LogP contribution >= 0.6 is 11.3 Å². The van der Waals surface area contributed by atoms with Gasteiger partial charge < -0.3 is 10.4 Å². The number of hydrogen-bond donors (Lipinski definition) is 2. The van der Waals surface area contributed by atoms with Gasteiger partial charge in [0, 0.05) is 6.07 Å². The maximum absolute atomic E-state index is 11.6. The number of nitrogens with zero attached hydrogens (tertiary/aromatic N) is 1. The van der Waals surface area contributed by atoms with Crippen LogP contribution in [0.25, 0.3) is 0 Å². The molecule has 1 aromatic rings. The number of thiophene rings is 1. The molecule has 1 amide bonds. The molecule has 0 spiro atoms. The van der Waals surface area contributed by atoms with Gasteiger partial charge in [0.1, 0.15) is 0 Å². The van der Waals surface area contributed by atoms with Crippen LogP contribution in [0.5, 0.6) is 0 Å². The Morgan fingerprint density at radius 1 is 1.69 bits per heavy atom. The molecule has 2 N–H and O–H groups in total. The Balaban J connectivity index is 2.69. The van der Waals surface area contributed by atoms with Gasteiger partial charge in [-0.15, -0.1) is 0 Å². The van der Waals surface area contributed by atoms with Crippen LogP contribution in [0.15, 0.2) is 12.1 Å². The molecule has 0 fully saturated rings. The molecular formula is C9H12N2O4S. The smallest absolute Gasteiger partial charge is 0.324 e. The SMILES string of the molecule is CC[C@H](CO)NC(=O)c1ccc([N+](=O)[O-])s1. The lowest BCUT2D eigenvalue weighted by molar-refractivity contribution is -0.380. The molecule has 0 saturated heterocycles. The zero-order valence-electron chi connectivity index (χ0n) is 8.67. The van der Waals surface area contributed by atoms with Crippen molar-refractivity contribution in [3.8, 4) is 0 Å². The number of carbonyl (C=O) groups excluding carboxylic acids is 1. The minimum atomic E-state index is -0.537. The number of carbonyl (C=O) groups is 1. The highest BCUT2D eigenvalue weighted by Crippen LogP contribution is 2.23. The van der Waals surface area contributed by atoms with Crippen molar-refractivity contribution in [1.82, 2.24) is 5.32 Å². The third-order valence-electron chi connectivity index (χ3n) is 2.04. The van der Waals surface area contributed by atoms with Gasteiger partial charge >= 0.3 is 5.00 Å². The molecule has 1 atom stereocenters. The van der Waals surface area contributed by atoms with E-state index in [-0.39, 0.29) is 28.4 Å². The van der Waals surface area contributed by atoms with E-state index in [1.807, 2.05) is 6.92 Å². The number of rotatable bonds is 5. The summed E-state index contributed by atoms with van der Waals surface area (Å²) >= 11 is 0.819. The Hall–Kier alpha value is -1.47. The van der Waals surface area contributed by atoms with Crippen molar-refractivity contribution in [2.24, 2.45) is 0 Å². The van der Waals surface area contributed by atoms with Crippen molar-refractivity contribution in [3.63, 3.8) is 0 Å². The van der Waals surface area contributed by atoms with E-state index in [2.05, 4.69) is 5.32 Å². The lowest BCUT2D eigenvalue weighted by atomic mass is 10.2. The van der Waals surface area contributed by atoms with E-state index in [4.69, 9.17) is 5.11 Å². The molecule has 0 aliphatic carbocycles. The van der Waals surface area contributed by atoms with E-state index in [0.29, 0.717) is 6.42 Å². The molecule has 1 rings (SSSR count). The van der Waals surface area contributed by atoms with Crippen LogP contribution in [0.2, 0.25) is 0 Å². The molecule has 0 saturated carbocycles. The minimum Gasteiger partial charge on any atom is -0.394 e. The highest BCUT2D eigenvalue weighted by Gasteiger charge is 2.17. The third kappa shape index (κ3) is 3.01. The van der Waals surface area contributed by atoms with Crippen LogP contribution < -0.4 is 5.32 Å². The average molecular weight is 244 g/mol. The fourth-order valence-electron chi connectivity index (χ4n) is 1.08. The topological polar surface area (TPSA) is 92.5 Å². The van der Waals surface area contributed by atoms with Crippen molar-refractivity contribution in [2.45, 2.75) is 19.4 Å². The monoisotopic (exact) mass is 244 g/mol. The first-order valence-electron chi connectivity index (χ1n) is 4.74. The zero-order chi connectivity index (χ0) is 12.1. The first-order valence-corrected chi connectivity index (χ1v) is 5.56. The van der Waals surface area contributed by atoms with E-state index >= 15 is 0 Å². The molecule has 7 heteroatoms. The summed E-state index contributed by atoms with van der Waals surface area (Å²) in [6, 6.07) is 2.38. The number of nitrogens with one attached hydrogen (secondary N) is 1. The maximum Gasteiger partial charge on any atom is 0.324 e. The van der Waals surface area contributed by atoms with Crippen LogP contribution in [-0.2, 0) is 0 Å². The minimum absolute atomic E-state index is 0.0674. The van der Waals surface area contributed by atoms with Gasteiger partial charge in [-0.05, 0) is 12.5 Å². The maximum atomic E-state index is 11.6. The summed E-state index contributed by atoms with van der Waals surface area (Å²) in [6.45, 7) is 1.69. The van der Waals surface area contributed by atoms with Crippen LogP contribution in [-0.4, -0.2) is 28.6 Å². The highest BCUT2D eigenvalue weighted by molar-refractivity contribution is 7.17. The molecular weight excluding hydrogens is 232 g/mol. The van der Waals surface area contributed by atoms with Gasteiger partial charge in [-0.1, -0.05) is 18.3 Å². The van der Waals surface area contributed by atoms with E-state index in [1.54, 1.807) is 0 Å². The molecule has 88 valence electrons. The predicted molar refractivity (Wildman–Crippen MR) is 59.6 cm³/mol. The van der Waals surface area contributed by atoms with Crippen molar-refractivity contribution < 1.29 is 14.8 Å². The fourth-order valence-corrected chi connectivity index (χ4v) is 1.80. The number of aliphatic hydroxyl groups excluding tert-OH is 1. The quantitative estimate of drug-likeness (QED) is 0.600. The van der Waals surface area contributed by atoms with E-state index in [0.717, 1.165) is 11.3 Å². The molecule has 0 radical (unpaired) electrons. The van der Waals surface area contributed by atoms with Crippen molar-refractivity contribution in [3.05, 3.63) is 27.1 Å². The number of amides is 1. The highest BCUT2D eigenvalue weighted by atomic mass is 32.1. The van der Waals surface area contributed by atoms with Gasteiger partial charge in [0.05, 0.1) is 22.4 Å². The summed E-state index contributed by atoms with van der Waals surface area (Å²) < 4.78 is 0. The molecule has 6 nitrogen and oxygen atoms in total. The Kier molecular flexibility index (Phi) is 4.39. The molecule has 1 aromatic heterocycles. The molecule has 0 aliphatic heterocycles. The van der Waals surface area contributed by atoms with Crippen molar-refractivity contribution in [1.29, 1.82) is 0 Å². The second-order valence-corrected chi connectivity index (χ2v) is 4.22. The number of aliphatic hydroxyl groups is 1. The summed E-state index contributed by atoms with van der Waals surface area (Å²) in [4.78, 5) is 21.7. The molecule has 1 heterocycles. The normalized spacial score (nSPS) is 12.1.